The summed E-state index contributed by atoms with van der Waals surface area (Å²) in [6.45, 7) is 5.49. The largest absolute Gasteiger partial charge is 0.379 e. The number of hydrogen-bond acceptors (Lipinski definition) is 5. The molecule has 174 valence electrons. The normalized spacial score (nSPS) is 15.4. The number of hydrogen-bond donors (Lipinski definition) is 1. The highest BCUT2D eigenvalue weighted by Gasteiger charge is 2.25. The summed E-state index contributed by atoms with van der Waals surface area (Å²) in [6.07, 6.45) is 6.83. The predicted octanol–water partition coefficient (Wildman–Crippen LogP) is 4.19. The van der Waals surface area contributed by atoms with Gasteiger partial charge in [-0.25, -0.2) is 4.98 Å². The predicted molar refractivity (Wildman–Crippen MR) is 133 cm³/mol. The van der Waals surface area contributed by atoms with Gasteiger partial charge >= 0.3 is 0 Å². The number of nitrogens with one attached hydrogen (secondary N) is 1. The van der Waals surface area contributed by atoms with Gasteiger partial charge in [0.1, 0.15) is 0 Å². The number of carbonyl (C=O) groups is 1. The lowest BCUT2D eigenvalue weighted by molar-refractivity contribution is 0.0162. The number of carbonyl (C=O) groups excluding carboxylic acids is 1. The van der Waals surface area contributed by atoms with Gasteiger partial charge in [-0.3, -0.25) is 19.2 Å². The van der Waals surface area contributed by atoms with Gasteiger partial charge in [0.15, 0.2) is 5.82 Å². The van der Waals surface area contributed by atoms with Crippen molar-refractivity contribution >= 4 is 28.4 Å². The molecule has 0 spiro atoms. The van der Waals surface area contributed by atoms with Crippen molar-refractivity contribution in [1.29, 1.82) is 0 Å². The van der Waals surface area contributed by atoms with E-state index in [1.807, 2.05) is 60.2 Å². The molecule has 1 aliphatic rings. The van der Waals surface area contributed by atoms with Gasteiger partial charge in [-0.2, -0.15) is 0 Å². The van der Waals surface area contributed by atoms with E-state index in [0.29, 0.717) is 36.2 Å². The Morgan fingerprint density at radius 1 is 1.15 bits per heavy atom. The van der Waals surface area contributed by atoms with Crippen LogP contribution in [-0.2, 0) is 4.74 Å². The SMILES string of the molecule is Cc1cccc2c1c(C(=O)NCC(c1ccc(Cl)cc1)N1CCOCC1)cn2-c1cnccn1. The topological polar surface area (TPSA) is 72.3 Å². The van der Waals surface area contributed by atoms with Gasteiger partial charge in [-0.05, 0) is 36.2 Å². The number of benzene rings is 2. The molecular weight excluding hydrogens is 450 g/mol. The molecule has 1 unspecified atom stereocenters. The van der Waals surface area contributed by atoms with E-state index >= 15 is 0 Å². The fraction of sp³-hybridized carbons (Fsp3) is 0.269. The lowest BCUT2D eigenvalue weighted by Gasteiger charge is -2.35. The highest BCUT2D eigenvalue weighted by Crippen LogP contribution is 2.28. The first-order valence-electron chi connectivity index (χ1n) is 11.3. The summed E-state index contributed by atoms with van der Waals surface area (Å²) in [6, 6.07) is 13.9. The molecule has 8 heteroatoms. The standard InChI is InChI=1S/C26H26ClN5O2/c1-18-3-2-4-22-25(18)21(17-32(22)24-16-28-9-10-29-24)26(33)30-15-23(31-11-13-34-14-12-31)19-5-7-20(27)8-6-19/h2-10,16-17,23H,11-15H2,1H3,(H,30,33). The van der Waals surface area contributed by atoms with Gasteiger partial charge < -0.3 is 10.1 Å². The Morgan fingerprint density at radius 2 is 1.94 bits per heavy atom. The van der Waals surface area contributed by atoms with E-state index in [1.165, 1.54) is 0 Å². The second-order valence-corrected chi connectivity index (χ2v) is 8.81. The van der Waals surface area contributed by atoms with Crippen molar-refractivity contribution in [2.24, 2.45) is 0 Å². The minimum Gasteiger partial charge on any atom is -0.379 e. The summed E-state index contributed by atoms with van der Waals surface area (Å²) < 4.78 is 7.46. The summed E-state index contributed by atoms with van der Waals surface area (Å²) in [5.74, 6) is 0.554. The Kier molecular flexibility index (Phi) is 6.58. The first-order valence-corrected chi connectivity index (χ1v) is 11.7. The molecule has 0 saturated carbocycles. The summed E-state index contributed by atoms with van der Waals surface area (Å²) in [5.41, 5.74) is 3.70. The first-order chi connectivity index (χ1) is 16.6. The molecule has 4 aromatic rings. The van der Waals surface area contributed by atoms with Crippen molar-refractivity contribution in [3.8, 4) is 5.82 Å². The molecular formula is C26H26ClN5O2. The maximum absolute atomic E-state index is 13.5. The average molecular weight is 476 g/mol. The third kappa shape index (κ3) is 4.55. The number of morpholine rings is 1. The molecule has 34 heavy (non-hydrogen) atoms. The lowest BCUT2D eigenvalue weighted by atomic mass is 10.0. The Bertz CT molecular complexity index is 1280. The second-order valence-electron chi connectivity index (χ2n) is 8.37. The number of halogens is 1. The number of rotatable bonds is 6. The molecule has 2 aromatic heterocycles. The molecule has 1 fully saturated rings. The molecule has 0 bridgehead atoms. The molecule has 1 atom stereocenters. The fourth-order valence-electron chi connectivity index (χ4n) is 4.56. The Morgan fingerprint density at radius 3 is 2.68 bits per heavy atom. The van der Waals surface area contributed by atoms with E-state index in [4.69, 9.17) is 16.3 Å². The zero-order chi connectivity index (χ0) is 23.5. The van der Waals surface area contributed by atoms with Crippen LogP contribution in [0.15, 0.2) is 67.3 Å². The van der Waals surface area contributed by atoms with Gasteiger partial charge in [0.25, 0.3) is 5.91 Å². The molecule has 5 rings (SSSR count). The van der Waals surface area contributed by atoms with Crippen molar-refractivity contribution < 1.29 is 9.53 Å². The summed E-state index contributed by atoms with van der Waals surface area (Å²) in [4.78, 5) is 24.5. The minimum absolute atomic E-state index is 0.0274. The molecule has 1 aliphatic heterocycles. The van der Waals surface area contributed by atoms with Crippen molar-refractivity contribution in [3.05, 3.63) is 89.0 Å². The van der Waals surface area contributed by atoms with E-state index in [0.717, 1.165) is 35.1 Å². The van der Waals surface area contributed by atoms with E-state index in [1.54, 1.807) is 18.6 Å². The van der Waals surface area contributed by atoms with E-state index in [2.05, 4.69) is 20.2 Å². The van der Waals surface area contributed by atoms with Gasteiger partial charge in [0.05, 0.1) is 36.5 Å². The van der Waals surface area contributed by atoms with E-state index in [-0.39, 0.29) is 11.9 Å². The zero-order valence-electron chi connectivity index (χ0n) is 18.9. The summed E-state index contributed by atoms with van der Waals surface area (Å²) in [7, 11) is 0. The number of nitrogens with zero attached hydrogens (tertiary/aromatic N) is 4. The first kappa shape index (κ1) is 22.5. The number of amides is 1. The Hall–Kier alpha value is -3.26. The van der Waals surface area contributed by atoms with E-state index < -0.39 is 0 Å². The zero-order valence-corrected chi connectivity index (χ0v) is 19.7. The quantitative estimate of drug-likeness (QED) is 0.453. The smallest absolute Gasteiger partial charge is 0.253 e. The molecule has 3 heterocycles. The maximum Gasteiger partial charge on any atom is 0.253 e. The molecule has 2 aromatic carbocycles. The number of fused-ring (bicyclic) bond motifs is 1. The monoisotopic (exact) mass is 475 g/mol. The van der Waals surface area contributed by atoms with Crippen LogP contribution in [0, 0.1) is 6.92 Å². The van der Waals surface area contributed by atoms with Gasteiger partial charge in [-0.15, -0.1) is 0 Å². The summed E-state index contributed by atoms with van der Waals surface area (Å²) >= 11 is 6.12. The van der Waals surface area contributed by atoms with Crippen molar-refractivity contribution in [2.75, 3.05) is 32.8 Å². The van der Waals surface area contributed by atoms with Gasteiger partial charge in [-0.1, -0.05) is 35.9 Å². The van der Waals surface area contributed by atoms with Crippen LogP contribution < -0.4 is 5.32 Å². The third-order valence-electron chi connectivity index (χ3n) is 6.28. The number of aryl methyl sites for hydroxylation is 1. The van der Waals surface area contributed by atoms with Gasteiger partial charge in [0.2, 0.25) is 0 Å². The van der Waals surface area contributed by atoms with Crippen LogP contribution in [0.25, 0.3) is 16.7 Å². The minimum atomic E-state index is -0.117. The third-order valence-corrected chi connectivity index (χ3v) is 6.53. The van der Waals surface area contributed by atoms with Crippen molar-refractivity contribution in [2.45, 2.75) is 13.0 Å². The Balaban J connectivity index is 1.45. The highest BCUT2D eigenvalue weighted by atomic mass is 35.5. The number of ether oxygens (including phenoxy) is 1. The number of aromatic nitrogens is 3. The fourth-order valence-corrected chi connectivity index (χ4v) is 4.69. The maximum atomic E-state index is 13.5. The summed E-state index contributed by atoms with van der Waals surface area (Å²) in [5, 5.41) is 4.80. The lowest BCUT2D eigenvalue weighted by Crippen LogP contribution is -2.43. The van der Waals surface area contributed by atoms with Crippen molar-refractivity contribution in [3.63, 3.8) is 0 Å². The van der Waals surface area contributed by atoms with Crippen LogP contribution in [-0.4, -0.2) is 58.2 Å². The van der Waals surface area contributed by atoms with Crippen LogP contribution >= 0.6 is 11.6 Å². The molecule has 1 amide bonds. The highest BCUT2D eigenvalue weighted by molar-refractivity contribution is 6.30. The second kappa shape index (κ2) is 9.93. The molecule has 7 nitrogen and oxygen atoms in total. The van der Waals surface area contributed by atoms with Crippen LogP contribution in [0.2, 0.25) is 5.02 Å². The molecule has 0 radical (unpaired) electrons. The van der Waals surface area contributed by atoms with Crippen LogP contribution in [0.1, 0.15) is 27.5 Å². The Labute approximate surface area is 203 Å². The molecule has 0 aliphatic carbocycles. The van der Waals surface area contributed by atoms with Crippen LogP contribution in [0.3, 0.4) is 0 Å². The van der Waals surface area contributed by atoms with E-state index in [9.17, 15) is 4.79 Å². The van der Waals surface area contributed by atoms with Crippen LogP contribution in [0.5, 0.6) is 0 Å². The molecule has 1 N–H and O–H groups in total. The van der Waals surface area contributed by atoms with Gasteiger partial charge in [0, 0.05) is 48.6 Å². The molecule has 1 saturated heterocycles. The van der Waals surface area contributed by atoms with Crippen molar-refractivity contribution in [1.82, 2.24) is 24.8 Å². The van der Waals surface area contributed by atoms with Crippen LogP contribution in [0.4, 0.5) is 0 Å². The average Bonchev–Trinajstić information content (AvgIpc) is 3.27.